The van der Waals surface area contributed by atoms with Gasteiger partial charge in [0.05, 0.1) is 6.61 Å². The summed E-state index contributed by atoms with van der Waals surface area (Å²) in [7, 11) is 3.95. The SMILES string of the molecule is COCC(C)N(C)CC1C(C)CC(C)CC1N. The molecule has 0 amide bonds. The maximum absolute atomic E-state index is 6.32. The van der Waals surface area contributed by atoms with E-state index in [2.05, 4.69) is 32.7 Å². The number of likely N-dealkylation sites (N-methyl/N-ethyl adjacent to an activating group) is 1. The van der Waals surface area contributed by atoms with Crippen LogP contribution in [0.15, 0.2) is 0 Å². The van der Waals surface area contributed by atoms with Gasteiger partial charge in [0.25, 0.3) is 0 Å². The van der Waals surface area contributed by atoms with E-state index in [1.165, 1.54) is 12.8 Å². The Morgan fingerprint density at radius 2 is 2.00 bits per heavy atom. The van der Waals surface area contributed by atoms with Crippen molar-refractivity contribution in [3.8, 4) is 0 Å². The fourth-order valence-corrected chi connectivity index (χ4v) is 3.16. The van der Waals surface area contributed by atoms with E-state index in [0.717, 1.165) is 25.0 Å². The third-order valence-electron chi connectivity index (χ3n) is 4.39. The van der Waals surface area contributed by atoms with Crippen LogP contribution in [0.4, 0.5) is 0 Å². The number of methoxy groups -OCH3 is 1. The zero-order chi connectivity index (χ0) is 13.0. The molecule has 0 heterocycles. The van der Waals surface area contributed by atoms with Gasteiger partial charge < -0.3 is 15.4 Å². The molecule has 5 atom stereocenters. The van der Waals surface area contributed by atoms with Gasteiger partial charge in [-0.05, 0) is 44.6 Å². The Morgan fingerprint density at radius 1 is 1.35 bits per heavy atom. The summed E-state index contributed by atoms with van der Waals surface area (Å²) in [5, 5.41) is 0. The first-order chi connectivity index (χ1) is 7.95. The van der Waals surface area contributed by atoms with Crippen molar-refractivity contribution in [3.63, 3.8) is 0 Å². The number of ether oxygens (including phenoxy) is 1. The lowest BCUT2D eigenvalue weighted by molar-refractivity contribution is 0.0750. The van der Waals surface area contributed by atoms with Crippen molar-refractivity contribution in [1.29, 1.82) is 0 Å². The van der Waals surface area contributed by atoms with Crippen molar-refractivity contribution in [1.82, 2.24) is 4.90 Å². The van der Waals surface area contributed by atoms with Gasteiger partial charge in [-0.2, -0.15) is 0 Å². The minimum atomic E-state index is 0.367. The Morgan fingerprint density at radius 3 is 2.53 bits per heavy atom. The molecule has 0 aromatic carbocycles. The van der Waals surface area contributed by atoms with E-state index in [4.69, 9.17) is 10.5 Å². The lowest BCUT2D eigenvalue weighted by Gasteiger charge is -2.40. The molecule has 0 aromatic rings. The second-order valence-electron chi connectivity index (χ2n) is 6.13. The third-order valence-corrected chi connectivity index (χ3v) is 4.39. The van der Waals surface area contributed by atoms with E-state index in [1.807, 2.05) is 0 Å². The molecule has 1 rings (SSSR count). The highest BCUT2D eigenvalue weighted by Gasteiger charge is 2.32. The van der Waals surface area contributed by atoms with Gasteiger partial charge in [-0.3, -0.25) is 0 Å². The summed E-state index contributed by atoms with van der Waals surface area (Å²) in [6.45, 7) is 8.78. The highest BCUT2D eigenvalue weighted by Crippen LogP contribution is 2.33. The number of nitrogens with two attached hydrogens (primary N) is 1. The minimum absolute atomic E-state index is 0.367. The van der Waals surface area contributed by atoms with Crippen molar-refractivity contribution >= 4 is 0 Å². The van der Waals surface area contributed by atoms with Crippen LogP contribution in [0.2, 0.25) is 0 Å². The second-order valence-corrected chi connectivity index (χ2v) is 6.13. The van der Waals surface area contributed by atoms with E-state index < -0.39 is 0 Å². The number of rotatable bonds is 5. The van der Waals surface area contributed by atoms with Crippen LogP contribution in [-0.2, 0) is 4.74 Å². The lowest BCUT2D eigenvalue weighted by atomic mass is 9.72. The van der Waals surface area contributed by atoms with Gasteiger partial charge in [0.15, 0.2) is 0 Å². The van der Waals surface area contributed by atoms with Gasteiger partial charge in [-0.15, -0.1) is 0 Å². The van der Waals surface area contributed by atoms with E-state index in [1.54, 1.807) is 7.11 Å². The van der Waals surface area contributed by atoms with Crippen LogP contribution in [0.3, 0.4) is 0 Å². The monoisotopic (exact) mass is 242 g/mol. The molecule has 0 saturated heterocycles. The molecule has 0 aromatic heterocycles. The zero-order valence-electron chi connectivity index (χ0n) is 12.1. The highest BCUT2D eigenvalue weighted by molar-refractivity contribution is 4.87. The molecule has 1 saturated carbocycles. The molecule has 3 nitrogen and oxygen atoms in total. The summed E-state index contributed by atoms with van der Waals surface area (Å²) >= 11 is 0. The van der Waals surface area contributed by atoms with Crippen LogP contribution >= 0.6 is 0 Å². The summed E-state index contributed by atoms with van der Waals surface area (Å²) in [5.41, 5.74) is 6.32. The van der Waals surface area contributed by atoms with Gasteiger partial charge in [0.1, 0.15) is 0 Å². The quantitative estimate of drug-likeness (QED) is 0.801. The van der Waals surface area contributed by atoms with Crippen molar-refractivity contribution in [2.24, 2.45) is 23.5 Å². The van der Waals surface area contributed by atoms with E-state index in [0.29, 0.717) is 18.0 Å². The van der Waals surface area contributed by atoms with Crippen molar-refractivity contribution < 1.29 is 4.74 Å². The molecular formula is C14H30N2O. The van der Waals surface area contributed by atoms with Crippen molar-refractivity contribution in [2.45, 2.75) is 45.7 Å². The number of hydrogen-bond donors (Lipinski definition) is 1. The maximum atomic E-state index is 6.32. The largest absolute Gasteiger partial charge is 0.383 e. The van der Waals surface area contributed by atoms with Crippen LogP contribution in [0, 0.1) is 17.8 Å². The summed E-state index contributed by atoms with van der Waals surface area (Å²) in [6, 6.07) is 0.838. The molecule has 102 valence electrons. The molecule has 1 aliphatic carbocycles. The Hall–Kier alpha value is -0.120. The van der Waals surface area contributed by atoms with Crippen LogP contribution in [0.5, 0.6) is 0 Å². The summed E-state index contributed by atoms with van der Waals surface area (Å²) < 4.78 is 5.21. The Kier molecular flexibility index (Phi) is 5.90. The summed E-state index contributed by atoms with van der Waals surface area (Å²) in [6.07, 6.45) is 2.51. The Labute approximate surface area is 107 Å². The van der Waals surface area contributed by atoms with E-state index >= 15 is 0 Å². The summed E-state index contributed by atoms with van der Waals surface area (Å²) in [4.78, 5) is 2.39. The maximum Gasteiger partial charge on any atom is 0.0615 e. The van der Waals surface area contributed by atoms with Crippen LogP contribution in [-0.4, -0.2) is 44.3 Å². The normalized spacial score (nSPS) is 36.2. The van der Waals surface area contributed by atoms with E-state index in [-0.39, 0.29) is 0 Å². The van der Waals surface area contributed by atoms with E-state index in [9.17, 15) is 0 Å². The smallest absolute Gasteiger partial charge is 0.0615 e. The predicted molar refractivity (Wildman–Crippen MR) is 73.0 cm³/mol. The number of hydrogen-bond acceptors (Lipinski definition) is 3. The first-order valence-corrected chi connectivity index (χ1v) is 6.90. The fourth-order valence-electron chi connectivity index (χ4n) is 3.16. The summed E-state index contributed by atoms with van der Waals surface area (Å²) in [5.74, 6) is 2.17. The number of nitrogens with zero attached hydrogens (tertiary/aromatic N) is 1. The first kappa shape index (κ1) is 14.9. The van der Waals surface area contributed by atoms with Crippen molar-refractivity contribution in [3.05, 3.63) is 0 Å². The molecule has 17 heavy (non-hydrogen) atoms. The molecule has 0 spiro atoms. The first-order valence-electron chi connectivity index (χ1n) is 6.90. The topological polar surface area (TPSA) is 38.5 Å². The van der Waals surface area contributed by atoms with Gasteiger partial charge in [-0.1, -0.05) is 13.8 Å². The van der Waals surface area contributed by atoms with Gasteiger partial charge in [-0.25, -0.2) is 0 Å². The molecule has 0 bridgehead atoms. The average molecular weight is 242 g/mol. The standard InChI is InChI=1S/C14H30N2O/c1-10-6-11(2)13(14(15)7-10)8-16(4)12(3)9-17-5/h10-14H,6-9,15H2,1-5H3. The molecule has 0 radical (unpaired) electrons. The Bertz CT molecular complexity index is 210. The van der Waals surface area contributed by atoms with Gasteiger partial charge in [0.2, 0.25) is 0 Å². The molecular weight excluding hydrogens is 212 g/mol. The van der Waals surface area contributed by atoms with Crippen LogP contribution in [0.1, 0.15) is 33.6 Å². The van der Waals surface area contributed by atoms with Gasteiger partial charge in [0, 0.05) is 25.7 Å². The Balaban J connectivity index is 2.49. The van der Waals surface area contributed by atoms with Crippen LogP contribution < -0.4 is 5.73 Å². The molecule has 3 heteroatoms. The highest BCUT2D eigenvalue weighted by atomic mass is 16.5. The predicted octanol–water partition coefficient (Wildman–Crippen LogP) is 1.96. The average Bonchev–Trinajstić information content (AvgIpc) is 2.23. The van der Waals surface area contributed by atoms with Crippen LogP contribution in [0.25, 0.3) is 0 Å². The zero-order valence-corrected chi connectivity index (χ0v) is 12.1. The molecule has 1 aliphatic rings. The molecule has 0 aliphatic heterocycles. The fraction of sp³-hybridized carbons (Fsp3) is 1.00. The molecule has 1 fully saturated rings. The molecule has 5 unspecified atom stereocenters. The third kappa shape index (κ3) is 4.23. The minimum Gasteiger partial charge on any atom is -0.383 e. The second kappa shape index (κ2) is 6.72. The molecule has 2 N–H and O–H groups in total. The lowest BCUT2D eigenvalue weighted by Crippen LogP contribution is -2.48. The van der Waals surface area contributed by atoms with Crippen molar-refractivity contribution in [2.75, 3.05) is 27.3 Å². The van der Waals surface area contributed by atoms with Gasteiger partial charge >= 0.3 is 0 Å².